The molecule has 0 amide bonds. The van der Waals surface area contributed by atoms with Crippen LogP contribution in [0.3, 0.4) is 0 Å². The van der Waals surface area contributed by atoms with Gasteiger partial charge in [0, 0.05) is 89.9 Å². The van der Waals surface area contributed by atoms with Crippen molar-refractivity contribution in [1.82, 2.24) is 0 Å². The van der Waals surface area contributed by atoms with Crippen LogP contribution in [0.2, 0.25) is 5.02 Å². The van der Waals surface area contributed by atoms with Crippen molar-refractivity contribution in [3.63, 3.8) is 0 Å². The average Bonchev–Trinajstić information content (AvgIpc) is 1.61. The molecule has 4 heterocycles. The fourth-order valence-corrected chi connectivity index (χ4v) is 22.6. The van der Waals surface area contributed by atoms with Gasteiger partial charge in [-0.25, -0.2) is 4.39 Å². The minimum Gasteiger partial charge on any atom is -0.508 e. The standard InChI is InChI=1S/2C27H22O4S.C26H19ClO4S.C26H19FO4S/c1-14-3-9-19(15(2)11-14)25(29)26-24(20-10-8-18(28)12-23(20)32-26)17-6-4-16(5-7-17)21-13-22(21)27(30)31;1-14-4-3-5-15(2)23(14)25(29)26-24(19-11-10-18(28)12-22(19)32-26)17-8-6-16(7-9-17)20-13-21(20)27(30)31;2*1-13-10-16(27)6-8-18(13)24(29)25-23(19-9-7-17(28)11-22(19)32-25)15-4-2-14(3-5-15)20-12-21(20)26(30)31/h3-12,21-22,28H,13H2,1-2H3,(H,30,31);3-12,20-21,28H,13H2,1-2H3,(H,30,31);2*2-11,20-21,28H,12H2,1H3,(H,30,31). The van der Waals surface area contributed by atoms with Crippen molar-refractivity contribution in [1.29, 1.82) is 0 Å². The Morgan fingerprint density at radius 3 is 0.852 bits per heavy atom. The molecule has 8 unspecified atom stereocenters. The number of carbonyl (C=O) groups is 8. The highest BCUT2D eigenvalue weighted by atomic mass is 35.5. The number of phenolic OH excluding ortho intramolecular Hbond substituents is 4. The minimum absolute atomic E-state index is 0.0199. The third-order valence-corrected chi connectivity index (χ3v) is 29.5. The molecule has 0 bridgehead atoms. The number of hydrogen-bond donors (Lipinski definition) is 8. The SMILES string of the molecule is Cc1cc(Cl)ccc1C(=O)c1sc2cc(O)ccc2c1-c1ccc(C2CC2C(=O)O)cc1.Cc1cc(F)ccc1C(=O)c1sc2cc(O)ccc2c1-c1ccc(C2CC2C(=O)O)cc1.Cc1ccc(C(=O)c2sc3cc(O)ccc3c2-c2ccc(C3CC3C(=O)O)cc2)c(C)c1.Cc1cccc(C)c1C(=O)c1sc2cc(O)ccc2c1-c1ccc(C2CC2C(=O)O)cc1. The third-order valence-electron chi connectivity index (χ3n) is 24.7. The van der Waals surface area contributed by atoms with Crippen LogP contribution in [0.4, 0.5) is 4.39 Å². The highest BCUT2D eigenvalue weighted by Gasteiger charge is 2.47. The molecular weight excluding hydrogens is 1710 g/mol. The van der Waals surface area contributed by atoms with Crippen LogP contribution in [0.5, 0.6) is 23.0 Å². The van der Waals surface area contributed by atoms with E-state index in [-0.39, 0.29) is 93.5 Å². The lowest BCUT2D eigenvalue weighted by atomic mass is 9.93. The van der Waals surface area contributed by atoms with Gasteiger partial charge in [0.1, 0.15) is 28.8 Å². The van der Waals surface area contributed by atoms with E-state index in [4.69, 9.17) is 11.6 Å². The van der Waals surface area contributed by atoms with E-state index in [9.17, 15) is 83.6 Å². The zero-order valence-corrected chi connectivity index (χ0v) is 73.8. The summed E-state index contributed by atoms with van der Waals surface area (Å²) in [5.41, 5.74) is 18.5. The molecule has 12 aromatic carbocycles. The molecule has 128 heavy (non-hydrogen) atoms. The number of aromatic hydroxyl groups is 4. The van der Waals surface area contributed by atoms with E-state index in [0.29, 0.717) is 78.0 Å². The second kappa shape index (κ2) is 35.0. The fraction of sp³-hybridized carbons (Fsp3) is 0.170. The average molecular weight is 1790 g/mol. The third kappa shape index (κ3) is 17.4. The highest BCUT2D eigenvalue weighted by Crippen LogP contribution is 2.54. The number of phenols is 4. The van der Waals surface area contributed by atoms with E-state index in [1.807, 2.05) is 186 Å². The molecule has 0 radical (unpaired) electrons. The van der Waals surface area contributed by atoms with E-state index < -0.39 is 29.7 Å². The Morgan fingerprint density at radius 1 is 0.305 bits per heavy atom. The van der Waals surface area contributed by atoms with Crippen LogP contribution in [0.1, 0.15) is 166 Å². The number of aryl methyl sites for hydroxylation is 6. The summed E-state index contributed by atoms with van der Waals surface area (Å²) in [6, 6.07) is 72.8. The van der Waals surface area contributed by atoms with Gasteiger partial charge in [0.25, 0.3) is 0 Å². The molecule has 0 aliphatic heterocycles. The minimum atomic E-state index is -0.773. The first-order chi connectivity index (χ1) is 61.3. The van der Waals surface area contributed by atoms with Crippen molar-refractivity contribution in [2.45, 2.75) is 90.9 Å². The largest absolute Gasteiger partial charge is 0.508 e. The van der Waals surface area contributed by atoms with Crippen LogP contribution in [-0.2, 0) is 19.2 Å². The number of aliphatic carboxylic acids is 4. The van der Waals surface area contributed by atoms with Crippen LogP contribution in [0, 0.1) is 71.0 Å². The number of thiophene rings is 4. The number of carboxylic acids is 4. The maximum atomic E-state index is 13.7. The molecule has 0 saturated heterocycles. The molecule has 16 aromatic rings. The Labute approximate surface area is 755 Å². The van der Waals surface area contributed by atoms with Gasteiger partial charge in [-0.15, -0.1) is 45.3 Å². The molecule has 4 aliphatic carbocycles. The summed E-state index contributed by atoms with van der Waals surface area (Å²) < 4.78 is 16.9. The van der Waals surface area contributed by atoms with Crippen LogP contribution in [0.25, 0.3) is 84.9 Å². The number of carbonyl (C=O) groups excluding carboxylic acids is 4. The molecule has 8 N–H and O–H groups in total. The number of fused-ring (bicyclic) bond motifs is 4. The Kier molecular flexibility index (Phi) is 23.7. The van der Waals surface area contributed by atoms with Crippen LogP contribution in [-0.4, -0.2) is 87.9 Å². The van der Waals surface area contributed by atoms with Crippen molar-refractivity contribution in [3.05, 3.63) is 351 Å². The number of halogens is 2. The first-order valence-electron chi connectivity index (χ1n) is 41.5. The Morgan fingerprint density at radius 2 is 0.578 bits per heavy atom. The zero-order valence-electron chi connectivity index (χ0n) is 69.8. The Hall–Kier alpha value is -13.5. The number of benzene rings is 12. The lowest BCUT2D eigenvalue weighted by Crippen LogP contribution is -2.05. The van der Waals surface area contributed by atoms with Crippen molar-refractivity contribution >= 4 is 144 Å². The molecule has 22 heteroatoms. The topological polar surface area (TPSA) is 298 Å². The van der Waals surface area contributed by atoms with Gasteiger partial charge in [0.05, 0.1) is 43.2 Å². The maximum absolute atomic E-state index is 13.7. The molecule has 0 spiro atoms. The van der Waals surface area contributed by atoms with E-state index >= 15 is 0 Å². The summed E-state index contributed by atoms with van der Waals surface area (Å²) >= 11 is 11.5. The van der Waals surface area contributed by atoms with Crippen molar-refractivity contribution in [2.75, 3.05) is 0 Å². The predicted molar refractivity (Wildman–Crippen MR) is 503 cm³/mol. The summed E-state index contributed by atoms with van der Waals surface area (Å²) in [6.07, 6.45) is 2.65. The quantitative estimate of drug-likeness (QED) is 0.0329. The van der Waals surface area contributed by atoms with Gasteiger partial charge in [-0.05, 0) is 272 Å². The maximum Gasteiger partial charge on any atom is 0.307 e. The van der Waals surface area contributed by atoms with Gasteiger partial charge < -0.3 is 40.9 Å². The molecule has 640 valence electrons. The van der Waals surface area contributed by atoms with Gasteiger partial charge >= 0.3 is 23.9 Å². The first-order valence-corrected chi connectivity index (χ1v) is 45.2. The molecular formula is C106H82ClFO16S4. The van der Waals surface area contributed by atoms with Crippen molar-refractivity contribution in [2.24, 2.45) is 23.7 Å². The Balaban J connectivity index is 0.000000120. The number of ketones is 4. The summed E-state index contributed by atoms with van der Waals surface area (Å²) in [5.74, 6) is -4.19. The van der Waals surface area contributed by atoms with E-state index in [2.05, 4.69) is 0 Å². The van der Waals surface area contributed by atoms with Gasteiger partial charge in [-0.3, -0.25) is 38.4 Å². The summed E-state index contributed by atoms with van der Waals surface area (Å²) in [6.45, 7) is 11.4. The highest BCUT2D eigenvalue weighted by molar-refractivity contribution is 7.23. The van der Waals surface area contributed by atoms with E-state index in [1.54, 1.807) is 79.7 Å². The van der Waals surface area contributed by atoms with E-state index in [1.165, 1.54) is 63.5 Å². The molecule has 4 saturated carbocycles. The fourth-order valence-electron chi connectivity index (χ4n) is 17.5. The van der Waals surface area contributed by atoms with Gasteiger partial charge in [-0.2, -0.15) is 0 Å². The number of carboxylic acid groups (broad SMARTS) is 4. The van der Waals surface area contributed by atoms with Gasteiger partial charge in [-0.1, -0.05) is 151 Å². The normalized spacial score (nSPS) is 17.4. The van der Waals surface area contributed by atoms with Gasteiger partial charge in [0.2, 0.25) is 23.1 Å². The smallest absolute Gasteiger partial charge is 0.307 e. The lowest BCUT2D eigenvalue weighted by Gasteiger charge is -2.10. The predicted octanol–water partition coefficient (Wildman–Crippen LogP) is 25.4. The van der Waals surface area contributed by atoms with Crippen LogP contribution >= 0.6 is 56.9 Å². The van der Waals surface area contributed by atoms with E-state index in [0.717, 1.165) is 135 Å². The summed E-state index contributed by atoms with van der Waals surface area (Å²) in [4.78, 5) is 102. The van der Waals surface area contributed by atoms with Crippen molar-refractivity contribution in [3.8, 4) is 67.5 Å². The molecule has 4 aliphatic rings. The first kappa shape index (κ1) is 86.6. The molecule has 20 rings (SSSR count). The zero-order chi connectivity index (χ0) is 90.3. The molecule has 8 atom stereocenters. The van der Waals surface area contributed by atoms with Gasteiger partial charge in [0.15, 0.2) is 0 Å². The molecule has 4 aromatic heterocycles. The lowest BCUT2D eigenvalue weighted by molar-refractivity contribution is -0.139. The monoisotopic (exact) mass is 1790 g/mol. The molecule has 4 fully saturated rings. The second-order valence-electron chi connectivity index (χ2n) is 33.4. The van der Waals surface area contributed by atoms with Crippen molar-refractivity contribution < 1.29 is 83.6 Å². The summed E-state index contributed by atoms with van der Waals surface area (Å²) in [5, 5.41) is 80.9. The number of rotatable bonds is 20. The summed E-state index contributed by atoms with van der Waals surface area (Å²) in [7, 11) is 0. The number of hydrogen-bond acceptors (Lipinski definition) is 16. The second-order valence-corrected chi connectivity index (χ2v) is 38.0. The van der Waals surface area contributed by atoms with Crippen LogP contribution < -0.4 is 0 Å². The Bertz CT molecular complexity index is 6730. The van der Waals surface area contributed by atoms with Crippen LogP contribution in [0.15, 0.2) is 243 Å². The molecule has 16 nitrogen and oxygen atoms in total.